The molecule has 4 rings (SSSR count). The van der Waals surface area contributed by atoms with Crippen molar-refractivity contribution in [1.82, 2.24) is 0 Å². The van der Waals surface area contributed by atoms with E-state index in [0.717, 1.165) is 36.4 Å². The monoisotopic (exact) mass is 708 g/mol. The molecule has 4 unspecified atom stereocenters. The number of carboxylic acid groups (broad SMARTS) is 2. The van der Waals surface area contributed by atoms with Crippen LogP contribution in [0.4, 0.5) is 26.3 Å². The molecule has 0 heterocycles. The van der Waals surface area contributed by atoms with Gasteiger partial charge in [0.25, 0.3) is 11.4 Å². The van der Waals surface area contributed by atoms with Crippen LogP contribution < -0.4 is 0 Å². The molecule has 0 saturated carbocycles. The summed E-state index contributed by atoms with van der Waals surface area (Å²) in [5, 5.41) is 43.7. The number of hydrogen-bond acceptors (Lipinski definition) is 7. The highest BCUT2D eigenvalue weighted by atomic mass is 35.5. The predicted octanol–water partition coefficient (Wildman–Crippen LogP) is 6.42. The summed E-state index contributed by atoms with van der Waals surface area (Å²) in [7, 11) is 0. The number of rotatable bonds is 8. The van der Waals surface area contributed by atoms with Crippen molar-refractivity contribution in [3.63, 3.8) is 0 Å². The van der Waals surface area contributed by atoms with Crippen LogP contribution in [0.25, 0.3) is 0 Å². The third-order valence-corrected chi connectivity index (χ3v) is 8.51. The van der Waals surface area contributed by atoms with Gasteiger partial charge in [0.2, 0.25) is 0 Å². The molecule has 4 atom stereocenters. The Hall–Kier alpha value is -4.74. The maximum absolute atomic E-state index is 13.3. The van der Waals surface area contributed by atoms with Crippen LogP contribution in [0.1, 0.15) is 22.3 Å². The first-order chi connectivity index (χ1) is 21.6. The van der Waals surface area contributed by atoms with Crippen molar-refractivity contribution in [2.24, 2.45) is 0 Å². The molecule has 0 radical (unpaired) electrons. The quantitative estimate of drug-likeness (QED) is 0.136. The van der Waals surface area contributed by atoms with Gasteiger partial charge in [-0.05, 0) is 47.5 Å². The molecule has 2 aliphatic carbocycles. The van der Waals surface area contributed by atoms with Crippen LogP contribution >= 0.6 is 23.2 Å². The molecule has 2 aromatic rings. The fourth-order valence-electron chi connectivity index (χ4n) is 5.14. The van der Waals surface area contributed by atoms with E-state index < -0.39 is 101 Å². The maximum atomic E-state index is 13.3. The van der Waals surface area contributed by atoms with Crippen LogP contribution in [0, 0.1) is 20.2 Å². The molecule has 11 nitrogen and oxygen atoms in total. The lowest BCUT2D eigenvalue weighted by atomic mass is 9.78. The zero-order valence-corrected chi connectivity index (χ0v) is 24.3. The summed E-state index contributed by atoms with van der Waals surface area (Å²) in [6.45, 7) is 0. The number of benzene rings is 2. The molecule has 0 bridgehead atoms. The van der Waals surface area contributed by atoms with Gasteiger partial charge in [-0.1, -0.05) is 24.3 Å². The van der Waals surface area contributed by atoms with E-state index in [-0.39, 0.29) is 0 Å². The number of allylic oxidation sites excluding steroid dienone is 2. The fourth-order valence-corrected chi connectivity index (χ4v) is 5.99. The van der Waals surface area contributed by atoms with Gasteiger partial charge in [0.15, 0.2) is 0 Å². The summed E-state index contributed by atoms with van der Waals surface area (Å²) >= 11 is 13.6. The van der Waals surface area contributed by atoms with Gasteiger partial charge in [-0.2, -0.15) is 26.3 Å². The number of aliphatic carboxylic acids is 2. The molecule has 19 heteroatoms. The summed E-state index contributed by atoms with van der Waals surface area (Å²) in [4.78, 5) is 40.7. The fraction of sp³-hybridized carbons (Fsp3) is 0.214. The van der Waals surface area contributed by atoms with Crippen molar-refractivity contribution in [1.29, 1.82) is 0 Å². The predicted molar refractivity (Wildman–Crippen MR) is 148 cm³/mol. The average Bonchev–Trinajstić information content (AvgIpc) is 2.97. The van der Waals surface area contributed by atoms with E-state index in [0.29, 0.717) is 36.4 Å². The second-order valence-corrected chi connectivity index (χ2v) is 11.1. The Morgan fingerprint density at radius 1 is 0.681 bits per heavy atom. The molecular formula is C28H16Cl2F6N2O9. The first kappa shape index (κ1) is 35.1. The van der Waals surface area contributed by atoms with Gasteiger partial charge in [0.1, 0.15) is 33.1 Å². The highest BCUT2D eigenvalue weighted by Crippen LogP contribution is 2.52. The SMILES string of the molecule is O=C(O)C1=C([N+](=O)[O-])C=CC(OC2C=CC([N+](=O)[O-])=C(C(=O)O)C2(Cl)c2ccc(C(F)(F)F)cc2)C1(Cl)c1ccc(C(F)(F)F)cc1. The van der Waals surface area contributed by atoms with Crippen molar-refractivity contribution < 1.29 is 60.7 Å². The van der Waals surface area contributed by atoms with Gasteiger partial charge in [0.05, 0.1) is 21.0 Å². The third-order valence-electron chi connectivity index (χ3n) is 7.26. The molecule has 248 valence electrons. The third kappa shape index (κ3) is 6.20. The van der Waals surface area contributed by atoms with Crippen LogP contribution in [0.3, 0.4) is 0 Å². The first-order valence-corrected chi connectivity index (χ1v) is 13.4. The number of ether oxygens (including phenoxy) is 1. The number of carboxylic acids is 2. The minimum Gasteiger partial charge on any atom is -0.478 e. The Morgan fingerprint density at radius 2 is 0.979 bits per heavy atom. The Bertz CT molecular complexity index is 1660. The van der Waals surface area contributed by atoms with Crippen molar-refractivity contribution in [3.8, 4) is 0 Å². The lowest BCUT2D eigenvalue weighted by Crippen LogP contribution is -2.49. The summed E-state index contributed by atoms with van der Waals surface area (Å²) in [6.07, 6.45) is -10.7. The lowest BCUT2D eigenvalue weighted by Gasteiger charge is -2.42. The smallest absolute Gasteiger partial charge is 0.416 e. The second-order valence-electron chi connectivity index (χ2n) is 9.91. The molecule has 0 aromatic heterocycles. The van der Waals surface area contributed by atoms with E-state index >= 15 is 0 Å². The molecule has 0 aliphatic heterocycles. The highest BCUT2D eigenvalue weighted by Gasteiger charge is 2.57. The van der Waals surface area contributed by atoms with Gasteiger partial charge >= 0.3 is 24.3 Å². The number of hydrogen-bond donors (Lipinski definition) is 2. The number of nitro groups is 2. The van der Waals surface area contributed by atoms with Crippen LogP contribution in [-0.4, -0.2) is 44.2 Å². The first-order valence-electron chi connectivity index (χ1n) is 12.6. The molecule has 0 saturated heterocycles. The summed E-state index contributed by atoms with van der Waals surface area (Å²) < 4.78 is 85.7. The van der Waals surface area contributed by atoms with Crippen molar-refractivity contribution in [2.45, 2.75) is 34.3 Å². The van der Waals surface area contributed by atoms with Gasteiger partial charge < -0.3 is 14.9 Å². The Labute approximate surface area is 267 Å². The molecule has 0 fully saturated rings. The van der Waals surface area contributed by atoms with E-state index in [1.807, 2.05) is 0 Å². The van der Waals surface area contributed by atoms with Crippen molar-refractivity contribution >= 4 is 35.1 Å². The van der Waals surface area contributed by atoms with Crippen LogP contribution in [-0.2, 0) is 36.4 Å². The maximum Gasteiger partial charge on any atom is 0.416 e. The van der Waals surface area contributed by atoms with Crippen LogP contribution in [0.2, 0.25) is 0 Å². The van der Waals surface area contributed by atoms with E-state index in [2.05, 4.69) is 0 Å². The van der Waals surface area contributed by atoms with Crippen LogP contribution in [0.5, 0.6) is 0 Å². The molecular weight excluding hydrogens is 693 g/mol. The Balaban J connectivity index is 1.95. The minimum atomic E-state index is -4.86. The summed E-state index contributed by atoms with van der Waals surface area (Å²) in [6, 6.07) is 4.90. The Kier molecular flexibility index (Phi) is 9.06. The van der Waals surface area contributed by atoms with Crippen LogP contribution in [0.15, 0.2) is 95.4 Å². The highest BCUT2D eigenvalue weighted by molar-refractivity contribution is 6.30. The zero-order chi connectivity index (χ0) is 35.3. The van der Waals surface area contributed by atoms with E-state index in [9.17, 15) is 66.4 Å². The van der Waals surface area contributed by atoms with Gasteiger partial charge in [-0.25, -0.2) is 9.59 Å². The van der Waals surface area contributed by atoms with Gasteiger partial charge in [-0.15, -0.1) is 23.2 Å². The second kappa shape index (κ2) is 12.1. The average molecular weight is 709 g/mol. The standard InChI is InChI=1S/C28H16Cl2F6N2O9/c29-25(13-1-5-15(6-2-13)27(31,32)33)19(11-9-17(37(43)44)21(25)23(39)40)47-20-12-10-18(38(45)46)22(24(41)42)26(20,30)14-3-7-16(8-4-14)28(34,35)36/h1-12,19-20H,(H,39,40)(H,41,42). The molecule has 0 spiro atoms. The number of alkyl halides is 8. The van der Waals surface area contributed by atoms with Crippen molar-refractivity contribution in [2.75, 3.05) is 0 Å². The van der Waals surface area contributed by atoms with E-state index in [1.54, 1.807) is 0 Å². The molecule has 2 aromatic carbocycles. The topological polar surface area (TPSA) is 170 Å². The molecule has 47 heavy (non-hydrogen) atoms. The van der Waals surface area contributed by atoms with Gasteiger partial charge in [-0.3, -0.25) is 20.2 Å². The lowest BCUT2D eigenvalue weighted by molar-refractivity contribution is -0.421. The summed E-state index contributed by atoms with van der Waals surface area (Å²) in [5.41, 5.74) is -7.96. The number of nitrogens with zero attached hydrogens (tertiary/aromatic N) is 2. The van der Waals surface area contributed by atoms with Gasteiger partial charge in [0, 0.05) is 12.2 Å². The molecule has 2 aliphatic rings. The number of carbonyl (C=O) groups is 2. The number of halogens is 8. The largest absolute Gasteiger partial charge is 0.478 e. The van der Waals surface area contributed by atoms with Crippen molar-refractivity contribution in [3.05, 3.63) is 138 Å². The van der Waals surface area contributed by atoms with E-state index in [1.165, 1.54) is 0 Å². The normalized spacial score (nSPS) is 24.8. The van der Waals surface area contributed by atoms with E-state index in [4.69, 9.17) is 27.9 Å². The molecule has 0 amide bonds. The Morgan fingerprint density at radius 3 is 1.21 bits per heavy atom. The summed E-state index contributed by atoms with van der Waals surface area (Å²) in [5.74, 6) is -4.02. The zero-order valence-electron chi connectivity index (χ0n) is 22.8. The molecule has 2 N–H and O–H groups in total. The minimum absolute atomic E-state index is 0.479.